The van der Waals surface area contributed by atoms with Crippen molar-refractivity contribution in [1.82, 2.24) is 15.5 Å². The second-order valence-corrected chi connectivity index (χ2v) is 6.87. The molecule has 0 saturated carbocycles. The van der Waals surface area contributed by atoms with Crippen molar-refractivity contribution in [3.63, 3.8) is 0 Å². The van der Waals surface area contributed by atoms with Gasteiger partial charge in [0.1, 0.15) is 11.6 Å². The summed E-state index contributed by atoms with van der Waals surface area (Å²) in [5.41, 5.74) is 7.06. The quantitative estimate of drug-likeness (QED) is 0.509. The number of nitrogens with two attached hydrogens (primary N) is 1. The van der Waals surface area contributed by atoms with E-state index in [4.69, 9.17) is 5.73 Å². The Kier molecular flexibility index (Phi) is 4.50. The molecule has 1 aromatic heterocycles. The van der Waals surface area contributed by atoms with Crippen molar-refractivity contribution in [3.05, 3.63) is 65.0 Å². The number of anilines is 2. The molecule has 29 heavy (non-hydrogen) atoms. The molecule has 0 fully saturated rings. The molecule has 1 unspecified atom stereocenters. The number of benzene rings is 2. The number of allylic oxidation sites excluding steroid dienone is 1. The monoisotopic (exact) mass is 397 g/mol. The van der Waals surface area contributed by atoms with Crippen molar-refractivity contribution in [1.29, 1.82) is 0 Å². The molecule has 0 aliphatic carbocycles. The van der Waals surface area contributed by atoms with E-state index in [0.717, 1.165) is 0 Å². The number of H-pyrrole nitrogens is 1. The Bertz CT molecular complexity index is 1180. The van der Waals surface area contributed by atoms with Gasteiger partial charge in [-0.2, -0.15) is 5.10 Å². The van der Waals surface area contributed by atoms with Gasteiger partial charge in [-0.15, -0.1) is 0 Å². The third-order valence-corrected chi connectivity index (χ3v) is 4.89. The lowest BCUT2D eigenvalue weighted by Crippen LogP contribution is -2.35. The molecular weight excluding hydrogens is 380 g/mol. The Morgan fingerprint density at radius 2 is 2.03 bits per heavy atom. The number of nitrogens with zero attached hydrogens (tertiary/aromatic N) is 1. The Hall–Kier alpha value is -3.75. The zero-order chi connectivity index (χ0) is 20.7. The summed E-state index contributed by atoms with van der Waals surface area (Å²) in [5, 5.41) is 12.2. The molecule has 148 valence electrons. The molecule has 7 nitrogen and oxygen atoms in total. The first-order chi connectivity index (χ1) is 13.8. The molecule has 1 aliphatic rings. The highest BCUT2D eigenvalue weighted by Crippen LogP contribution is 2.36. The lowest BCUT2D eigenvalue weighted by atomic mass is 9.83. The summed E-state index contributed by atoms with van der Waals surface area (Å²) in [4.78, 5) is 25.1. The first kappa shape index (κ1) is 18.6. The van der Waals surface area contributed by atoms with E-state index in [2.05, 4.69) is 20.8 Å². The second kappa shape index (κ2) is 7.01. The summed E-state index contributed by atoms with van der Waals surface area (Å²) in [7, 11) is 0. The number of nitrogens with one attached hydrogen (secondary N) is 3. The highest BCUT2D eigenvalue weighted by molar-refractivity contribution is 6.07. The fourth-order valence-electron chi connectivity index (χ4n) is 3.55. The summed E-state index contributed by atoms with van der Waals surface area (Å²) in [6.07, 6.45) is 1.37. The van der Waals surface area contributed by atoms with Gasteiger partial charge < -0.3 is 16.4 Å². The van der Waals surface area contributed by atoms with Crippen LogP contribution in [-0.4, -0.2) is 22.0 Å². The van der Waals surface area contributed by atoms with Gasteiger partial charge in [0.05, 0.1) is 17.4 Å². The predicted molar refractivity (Wildman–Crippen MR) is 104 cm³/mol. The van der Waals surface area contributed by atoms with Gasteiger partial charge >= 0.3 is 0 Å². The van der Waals surface area contributed by atoms with Gasteiger partial charge in [0.15, 0.2) is 0 Å². The Morgan fingerprint density at radius 1 is 1.24 bits per heavy atom. The van der Waals surface area contributed by atoms with Crippen molar-refractivity contribution in [2.24, 2.45) is 0 Å². The number of rotatable bonds is 3. The number of hydrogen-bond donors (Lipinski definition) is 4. The van der Waals surface area contributed by atoms with Gasteiger partial charge in [0.25, 0.3) is 5.91 Å². The number of carbonyl (C=O) groups is 2. The highest BCUT2D eigenvalue weighted by Gasteiger charge is 2.33. The average Bonchev–Trinajstić information content (AvgIpc) is 3.10. The fourth-order valence-corrected chi connectivity index (χ4v) is 3.55. The molecule has 0 radical (unpaired) electrons. The van der Waals surface area contributed by atoms with Crippen LogP contribution < -0.4 is 16.4 Å². The summed E-state index contributed by atoms with van der Waals surface area (Å²) in [6, 6.07) is 6.65. The average molecular weight is 397 g/mol. The minimum Gasteiger partial charge on any atom is -0.399 e. The van der Waals surface area contributed by atoms with E-state index in [0.29, 0.717) is 16.6 Å². The Labute approximate surface area is 164 Å². The molecule has 4 rings (SSSR count). The molecule has 1 aliphatic heterocycles. The minimum absolute atomic E-state index is 0.0482. The molecule has 2 aromatic carbocycles. The van der Waals surface area contributed by atoms with E-state index in [9.17, 15) is 18.4 Å². The topological polar surface area (TPSA) is 113 Å². The zero-order valence-corrected chi connectivity index (χ0v) is 15.3. The predicted octanol–water partition coefficient (Wildman–Crippen LogP) is 2.94. The number of aromatic nitrogens is 2. The van der Waals surface area contributed by atoms with Crippen LogP contribution in [0.3, 0.4) is 0 Å². The lowest BCUT2D eigenvalue weighted by Gasteiger charge is -2.27. The van der Waals surface area contributed by atoms with Gasteiger partial charge in [0, 0.05) is 40.7 Å². The summed E-state index contributed by atoms with van der Waals surface area (Å²) in [6.45, 7) is 1.54. The van der Waals surface area contributed by atoms with E-state index in [1.165, 1.54) is 36.5 Å². The first-order valence-corrected chi connectivity index (χ1v) is 8.83. The smallest absolute Gasteiger partial charge is 0.254 e. The number of hydrogen-bond acceptors (Lipinski definition) is 4. The van der Waals surface area contributed by atoms with Crippen LogP contribution in [0.1, 0.15) is 24.8 Å². The van der Waals surface area contributed by atoms with Gasteiger partial charge in [-0.1, -0.05) is 0 Å². The molecule has 0 spiro atoms. The number of aromatic amines is 1. The number of halogens is 2. The standard InChI is InChI=1S/C20H17F2N5O2/c1-9-19(13(6-18(28)25-9)12-5-11(23)2-3-14(12)21)20(29)26-17-4-10-8-24-27-16(10)7-15(17)22/h2-5,7-8,13H,6,23H2,1H3,(H,24,27)(H,25,28)(H,26,29). The van der Waals surface area contributed by atoms with Crippen LogP contribution in [0.5, 0.6) is 0 Å². The maximum atomic E-state index is 14.5. The van der Waals surface area contributed by atoms with Crippen molar-refractivity contribution >= 4 is 34.1 Å². The maximum Gasteiger partial charge on any atom is 0.254 e. The van der Waals surface area contributed by atoms with Gasteiger partial charge in [-0.3, -0.25) is 14.7 Å². The molecule has 9 heteroatoms. The first-order valence-electron chi connectivity index (χ1n) is 8.83. The molecule has 1 atom stereocenters. The lowest BCUT2D eigenvalue weighted by molar-refractivity contribution is -0.121. The SMILES string of the molecule is CC1=C(C(=O)Nc2cc3cn[nH]c3cc2F)C(c2cc(N)ccc2F)CC(=O)N1. The molecule has 2 amide bonds. The van der Waals surface area contributed by atoms with Crippen LogP contribution in [0.4, 0.5) is 20.2 Å². The number of amides is 2. The van der Waals surface area contributed by atoms with Crippen molar-refractivity contribution in [3.8, 4) is 0 Å². The zero-order valence-electron chi connectivity index (χ0n) is 15.3. The van der Waals surface area contributed by atoms with E-state index in [1.807, 2.05) is 0 Å². The van der Waals surface area contributed by atoms with Crippen molar-refractivity contribution in [2.45, 2.75) is 19.3 Å². The van der Waals surface area contributed by atoms with Crippen molar-refractivity contribution in [2.75, 3.05) is 11.1 Å². The molecule has 5 N–H and O–H groups in total. The van der Waals surface area contributed by atoms with Crippen LogP contribution in [0, 0.1) is 11.6 Å². The summed E-state index contributed by atoms with van der Waals surface area (Å²) < 4.78 is 28.9. The van der Waals surface area contributed by atoms with Crippen molar-refractivity contribution < 1.29 is 18.4 Å². The number of fused-ring (bicyclic) bond motifs is 1. The van der Waals surface area contributed by atoms with E-state index < -0.39 is 23.5 Å². The second-order valence-electron chi connectivity index (χ2n) is 6.87. The van der Waals surface area contributed by atoms with Gasteiger partial charge in [-0.05, 0) is 36.8 Å². The van der Waals surface area contributed by atoms with Gasteiger partial charge in [0.2, 0.25) is 5.91 Å². The van der Waals surface area contributed by atoms with Crippen LogP contribution in [-0.2, 0) is 9.59 Å². The normalized spacial score (nSPS) is 16.8. The number of nitrogen functional groups attached to an aromatic ring is 1. The van der Waals surface area contributed by atoms with Crippen LogP contribution in [0.2, 0.25) is 0 Å². The fraction of sp³-hybridized carbons (Fsp3) is 0.150. The molecular formula is C20H17F2N5O2. The molecule has 0 saturated heterocycles. The number of carbonyl (C=O) groups excluding carboxylic acids is 2. The molecule has 0 bridgehead atoms. The highest BCUT2D eigenvalue weighted by atomic mass is 19.1. The minimum atomic E-state index is -0.854. The largest absolute Gasteiger partial charge is 0.399 e. The summed E-state index contributed by atoms with van der Waals surface area (Å²) >= 11 is 0. The van der Waals surface area contributed by atoms with E-state index in [-0.39, 0.29) is 34.8 Å². The van der Waals surface area contributed by atoms with Crippen LogP contribution >= 0.6 is 0 Å². The third-order valence-electron chi connectivity index (χ3n) is 4.89. The molecule has 2 heterocycles. The Balaban J connectivity index is 1.73. The Morgan fingerprint density at radius 3 is 2.83 bits per heavy atom. The van der Waals surface area contributed by atoms with E-state index >= 15 is 0 Å². The summed E-state index contributed by atoms with van der Waals surface area (Å²) in [5.74, 6) is -3.08. The van der Waals surface area contributed by atoms with Crippen LogP contribution in [0.25, 0.3) is 10.9 Å². The third kappa shape index (κ3) is 3.42. The molecule has 3 aromatic rings. The van der Waals surface area contributed by atoms with Crippen LogP contribution in [0.15, 0.2) is 47.8 Å². The van der Waals surface area contributed by atoms with E-state index in [1.54, 1.807) is 6.92 Å². The maximum absolute atomic E-state index is 14.5. The van der Waals surface area contributed by atoms with Gasteiger partial charge in [-0.25, -0.2) is 8.78 Å².